The predicted molar refractivity (Wildman–Crippen MR) is 91.7 cm³/mol. The summed E-state index contributed by atoms with van der Waals surface area (Å²) in [7, 11) is -0.0611. The van der Waals surface area contributed by atoms with Crippen LogP contribution in [0.3, 0.4) is 0 Å². The Morgan fingerprint density at radius 2 is 1.48 bits per heavy atom. The van der Waals surface area contributed by atoms with Crippen molar-refractivity contribution in [3.8, 4) is 0 Å². The smallest absolute Gasteiger partial charge is 0.403 e. The fraction of sp³-hybridized carbons (Fsp3) is 0.667. The summed E-state index contributed by atoms with van der Waals surface area (Å²) in [6, 6.07) is 8.58. The maximum Gasteiger partial charge on any atom is 0.457 e. The van der Waals surface area contributed by atoms with Gasteiger partial charge in [0.15, 0.2) is 0 Å². The van der Waals surface area contributed by atoms with Crippen LogP contribution in [-0.2, 0) is 15.7 Å². The Hall–Kier alpha value is -0.795. The van der Waals surface area contributed by atoms with Crippen LogP contribution in [0.1, 0.15) is 59.1 Å². The molecule has 1 aliphatic rings. The van der Waals surface area contributed by atoms with Crippen LogP contribution in [0.5, 0.6) is 0 Å². The highest BCUT2D eigenvalue weighted by Crippen LogP contribution is 2.38. The Bertz CT molecular complexity index is 425. The summed E-state index contributed by atoms with van der Waals surface area (Å²) >= 11 is 0. The molecular formula is C18H31BO2. The van der Waals surface area contributed by atoms with E-state index in [1.54, 1.807) is 0 Å². The minimum Gasteiger partial charge on any atom is -0.403 e. The molecule has 2 rings (SSSR count). The summed E-state index contributed by atoms with van der Waals surface area (Å²) in [6.45, 7) is 14.6. The van der Waals surface area contributed by atoms with Gasteiger partial charge in [-0.3, -0.25) is 0 Å². The van der Waals surface area contributed by atoms with Crippen molar-refractivity contribution in [2.24, 2.45) is 0 Å². The van der Waals surface area contributed by atoms with Gasteiger partial charge in [0, 0.05) is 0 Å². The first kappa shape index (κ1) is 18.3. The minimum atomic E-state index is -0.208. The first-order chi connectivity index (χ1) is 9.82. The number of hydrogen-bond donors (Lipinski definition) is 0. The molecule has 0 amide bonds. The van der Waals surface area contributed by atoms with Crippen molar-refractivity contribution in [2.45, 2.75) is 78.8 Å². The molecule has 0 unspecified atom stereocenters. The highest BCUT2D eigenvalue weighted by atomic mass is 16.7. The van der Waals surface area contributed by atoms with E-state index in [0.29, 0.717) is 0 Å². The molecule has 0 atom stereocenters. The number of hydrogen-bond acceptors (Lipinski definition) is 2. The van der Waals surface area contributed by atoms with Gasteiger partial charge in [0.2, 0.25) is 0 Å². The van der Waals surface area contributed by atoms with Crippen molar-refractivity contribution < 1.29 is 9.31 Å². The standard InChI is InChI=1S/C16H25BO2.C2H6/c1-13-9-6-7-10-14(13)11-8-12-17-18-15(2,3)16(4,5)19-17;1-2/h6-7,9-10H,8,11-12H2,1-5H3;1-2H3. The monoisotopic (exact) mass is 290 g/mol. The number of benzene rings is 1. The predicted octanol–water partition coefficient (Wildman–Crippen LogP) is 5.05. The molecule has 0 N–H and O–H groups in total. The Labute approximate surface area is 131 Å². The lowest BCUT2D eigenvalue weighted by Crippen LogP contribution is -2.41. The summed E-state index contributed by atoms with van der Waals surface area (Å²) < 4.78 is 12.0. The molecule has 2 nitrogen and oxygen atoms in total. The lowest BCUT2D eigenvalue weighted by molar-refractivity contribution is 0.00578. The first-order valence-corrected chi connectivity index (χ1v) is 8.22. The molecule has 1 aliphatic heterocycles. The molecule has 21 heavy (non-hydrogen) atoms. The third-order valence-corrected chi connectivity index (χ3v) is 4.45. The van der Waals surface area contributed by atoms with Crippen molar-refractivity contribution in [2.75, 3.05) is 0 Å². The van der Waals surface area contributed by atoms with Crippen LogP contribution in [0.15, 0.2) is 24.3 Å². The molecule has 0 radical (unpaired) electrons. The van der Waals surface area contributed by atoms with E-state index in [1.165, 1.54) is 11.1 Å². The van der Waals surface area contributed by atoms with Crippen molar-refractivity contribution in [3.63, 3.8) is 0 Å². The van der Waals surface area contributed by atoms with E-state index in [9.17, 15) is 0 Å². The quantitative estimate of drug-likeness (QED) is 0.723. The van der Waals surface area contributed by atoms with Crippen molar-refractivity contribution in [3.05, 3.63) is 35.4 Å². The lowest BCUT2D eigenvalue weighted by atomic mass is 9.81. The maximum absolute atomic E-state index is 6.01. The molecule has 1 saturated heterocycles. The van der Waals surface area contributed by atoms with E-state index >= 15 is 0 Å². The van der Waals surface area contributed by atoms with Gasteiger partial charge in [-0.25, -0.2) is 0 Å². The van der Waals surface area contributed by atoms with Gasteiger partial charge in [0.05, 0.1) is 11.2 Å². The number of aryl methyl sites for hydroxylation is 2. The van der Waals surface area contributed by atoms with E-state index in [0.717, 1.165) is 19.2 Å². The van der Waals surface area contributed by atoms with Crippen molar-refractivity contribution in [1.29, 1.82) is 0 Å². The topological polar surface area (TPSA) is 18.5 Å². The van der Waals surface area contributed by atoms with Crippen LogP contribution in [0.2, 0.25) is 6.32 Å². The zero-order valence-electron chi connectivity index (χ0n) is 14.8. The molecule has 3 heteroatoms. The Morgan fingerprint density at radius 1 is 0.952 bits per heavy atom. The number of rotatable bonds is 4. The van der Waals surface area contributed by atoms with Gasteiger partial charge in [0.1, 0.15) is 0 Å². The molecule has 1 fully saturated rings. The molecule has 0 aromatic heterocycles. The fourth-order valence-electron chi connectivity index (χ4n) is 2.43. The van der Waals surface area contributed by atoms with Gasteiger partial charge >= 0.3 is 7.12 Å². The Morgan fingerprint density at radius 3 is 2.00 bits per heavy atom. The third-order valence-electron chi connectivity index (χ3n) is 4.45. The highest BCUT2D eigenvalue weighted by Gasteiger charge is 2.50. The second-order valence-corrected chi connectivity index (χ2v) is 6.50. The van der Waals surface area contributed by atoms with E-state index in [-0.39, 0.29) is 18.3 Å². The van der Waals surface area contributed by atoms with Gasteiger partial charge in [-0.05, 0) is 58.5 Å². The molecular weight excluding hydrogens is 259 g/mol. The van der Waals surface area contributed by atoms with E-state index < -0.39 is 0 Å². The molecule has 0 saturated carbocycles. The Balaban J connectivity index is 0.00000106. The molecule has 0 spiro atoms. The first-order valence-electron chi connectivity index (χ1n) is 8.22. The summed E-state index contributed by atoms with van der Waals surface area (Å²) in [6.07, 6.45) is 3.15. The van der Waals surface area contributed by atoms with Crippen LogP contribution >= 0.6 is 0 Å². The highest BCUT2D eigenvalue weighted by molar-refractivity contribution is 6.45. The van der Waals surface area contributed by atoms with Crippen LogP contribution < -0.4 is 0 Å². The normalized spacial score (nSPS) is 19.1. The van der Waals surface area contributed by atoms with Crippen molar-refractivity contribution in [1.82, 2.24) is 0 Å². The molecule has 1 aromatic rings. The molecule has 0 aliphatic carbocycles. The van der Waals surface area contributed by atoms with Crippen LogP contribution in [0, 0.1) is 6.92 Å². The van der Waals surface area contributed by atoms with E-state index in [4.69, 9.17) is 9.31 Å². The zero-order chi connectivity index (χ0) is 16.1. The van der Waals surface area contributed by atoms with Crippen LogP contribution in [0.25, 0.3) is 0 Å². The van der Waals surface area contributed by atoms with E-state index in [1.807, 2.05) is 13.8 Å². The van der Waals surface area contributed by atoms with Gasteiger partial charge < -0.3 is 9.31 Å². The SMILES string of the molecule is CC.Cc1ccccc1CCCB1OC(C)(C)C(C)(C)O1. The molecule has 0 bridgehead atoms. The molecule has 118 valence electrons. The van der Waals surface area contributed by atoms with Gasteiger partial charge in [-0.1, -0.05) is 44.5 Å². The fourth-order valence-corrected chi connectivity index (χ4v) is 2.43. The third kappa shape index (κ3) is 4.59. The van der Waals surface area contributed by atoms with Crippen LogP contribution in [-0.4, -0.2) is 18.3 Å². The minimum absolute atomic E-state index is 0.0611. The van der Waals surface area contributed by atoms with Gasteiger partial charge in [-0.2, -0.15) is 0 Å². The largest absolute Gasteiger partial charge is 0.457 e. The van der Waals surface area contributed by atoms with Gasteiger partial charge in [-0.15, -0.1) is 0 Å². The van der Waals surface area contributed by atoms with E-state index in [2.05, 4.69) is 58.9 Å². The summed E-state index contributed by atoms with van der Waals surface area (Å²) in [5, 5.41) is 0. The molecule has 1 heterocycles. The maximum atomic E-state index is 6.01. The Kier molecular flexibility index (Phi) is 6.49. The summed E-state index contributed by atoms with van der Waals surface area (Å²) in [5.74, 6) is 0. The average molecular weight is 290 g/mol. The summed E-state index contributed by atoms with van der Waals surface area (Å²) in [4.78, 5) is 0. The van der Waals surface area contributed by atoms with Crippen molar-refractivity contribution >= 4 is 7.12 Å². The second kappa shape index (κ2) is 7.46. The second-order valence-electron chi connectivity index (χ2n) is 6.50. The summed E-state index contributed by atoms with van der Waals surface area (Å²) in [5.41, 5.74) is 2.39. The lowest BCUT2D eigenvalue weighted by Gasteiger charge is -2.32. The zero-order valence-corrected chi connectivity index (χ0v) is 14.8. The average Bonchev–Trinajstić information content (AvgIpc) is 2.62. The van der Waals surface area contributed by atoms with Crippen LogP contribution in [0.4, 0.5) is 0 Å². The molecule has 1 aromatic carbocycles. The van der Waals surface area contributed by atoms with Gasteiger partial charge in [0.25, 0.3) is 0 Å².